The number of rotatable bonds is 13. The summed E-state index contributed by atoms with van der Waals surface area (Å²) in [6.07, 6.45) is 6.85. The van der Waals surface area contributed by atoms with Crippen molar-refractivity contribution in [3.05, 3.63) is 11.1 Å². The van der Waals surface area contributed by atoms with Crippen molar-refractivity contribution < 1.29 is 24.0 Å². The minimum Gasteiger partial charge on any atom is -0.363 e. The van der Waals surface area contributed by atoms with E-state index in [1.165, 1.54) is 17.8 Å². The van der Waals surface area contributed by atoms with E-state index in [9.17, 15) is 24.0 Å². The number of nitrogens with zero attached hydrogens (tertiary/aromatic N) is 4. The number of likely N-dealkylation sites (tertiary alicyclic amines) is 1. The molecule has 6 atom stereocenters. The lowest BCUT2D eigenvalue weighted by atomic mass is 9.32. The Labute approximate surface area is 307 Å². The third-order valence-corrected chi connectivity index (χ3v) is 14.1. The van der Waals surface area contributed by atoms with Crippen LogP contribution in [0.1, 0.15) is 98.6 Å². The summed E-state index contributed by atoms with van der Waals surface area (Å²) in [6, 6.07) is -2.43. The van der Waals surface area contributed by atoms with Gasteiger partial charge in [0, 0.05) is 38.1 Å². The Morgan fingerprint density at radius 3 is 2.25 bits per heavy atom. The molecule has 51 heavy (non-hydrogen) atoms. The molecule has 0 radical (unpaired) electrons. The van der Waals surface area contributed by atoms with E-state index in [0.717, 1.165) is 45.3 Å². The van der Waals surface area contributed by atoms with Gasteiger partial charge in [0.1, 0.15) is 12.1 Å². The smallest absolute Gasteiger partial charge is 0.287 e. The van der Waals surface area contributed by atoms with Crippen molar-refractivity contribution in [2.24, 2.45) is 39.7 Å². The predicted molar refractivity (Wildman–Crippen MR) is 197 cm³/mol. The second kappa shape index (κ2) is 14.4. The largest absolute Gasteiger partial charge is 0.363 e. The number of fused-ring (bicyclic) bond motifs is 2. The minimum absolute atomic E-state index is 0.0370. The Morgan fingerprint density at radius 2 is 1.71 bits per heavy atom. The summed E-state index contributed by atoms with van der Waals surface area (Å²) in [5.74, 6) is -1.03. The lowest BCUT2D eigenvalue weighted by Gasteiger charge is -2.72. The van der Waals surface area contributed by atoms with Crippen LogP contribution in [-0.2, 0) is 30.4 Å². The molecule has 3 aliphatic carbocycles. The number of piperazine rings is 1. The van der Waals surface area contributed by atoms with E-state index in [0.29, 0.717) is 61.6 Å². The third kappa shape index (κ3) is 7.43. The number of likely N-dealkylation sites (N-methyl/N-ethyl adjacent to an activating group) is 1. The minimum atomic E-state index is -1.05. The zero-order valence-electron chi connectivity index (χ0n) is 31.5. The van der Waals surface area contributed by atoms with Crippen molar-refractivity contribution in [3.63, 3.8) is 0 Å². The number of hydrogen-bond donors (Lipinski definition) is 3. The lowest BCUT2D eigenvalue weighted by Crippen LogP contribution is -2.68. The molecular weight excluding hydrogens is 667 g/mol. The van der Waals surface area contributed by atoms with Crippen LogP contribution in [0.3, 0.4) is 0 Å². The molecule has 0 bridgehead atoms. The highest BCUT2D eigenvalue weighted by molar-refractivity contribution is 7.13. The standard InChI is InChI=1S/C38H59N7O5S/c1-7-43-13-15-44(16-14-43)30(46)18-24-21-51-35(40-24)42-28(19-36(2,3)4)34(50)45-22-38(26-12-11-25(26)37(38,5)6)20-29(45)33(49)41-27(31(47)32(39)48)17-23-9-8-10-23/h21,23,25-29H,7-20,22H2,1-6H3,(H2,39,48)(H,40,42)(H,41,49)/t25?,26-,27?,28+,29+,38+/m1/s1. The number of nitrogens with two attached hydrogens (primary N) is 1. The van der Waals surface area contributed by atoms with Crippen molar-refractivity contribution in [2.75, 3.05) is 44.6 Å². The third-order valence-electron chi connectivity index (χ3n) is 13.3. The highest BCUT2D eigenvalue weighted by Crippen LogP contribution is 2.76. The number of thiazole rings is 1. The molecule has 1 aromatic heterocycles. The Kier molecular flexibility index (Phi) is 10.6. The van der Waals surface area contributed by atoms with Crippen LogP contribution in [0.4, 0.5) is 5.13 Å². The molecule has 13 heteroatoms. The Bertz CT molecular complexity index is 1510. The molecular formula is C38H59N7O5S. The number of nitrogens with one attached hydrogen (secondary N) is 2. The molecule has 12 nitrogen and oxygen atoms in total. The van der Waals surface area contributed by atoms with Crippen molar-refractivity contribution >= 4 is 45.9 Å². The molecule has 1 aromatic rings. The monoisotopic (exact) mass is 725 g/mol. The van der Waals surface area contributed by atoms with Crippen LogP contribution >= 0.6 is 11.3 Å². The van der Waals surface area contributed by atoms with Gasteiger partial charge in [-0.1, -0.05) is 60.8 Å². The van der Waals surface area contributed by atoms with E-state index >= 15 is 0 Å². The normalized spacial score (nSPS) is 28.5. The molecule has 0 aromatic carbocycles. The van der Waals surface area contributed by atoms with Gasteiger partial charge in [0.15, 0.2) is 5.13 Å². The number of ketones is 1. The average Bonchev–Trinajstić information content (AvgIpc) is 3.65. The number of amides is 4. The van der Waals surface area contributed by atoms with Crippen LogP contribution in [-0.4, -0.2) is 106 Å². The second-order valence-corrected chi connectivity index (χ2v) is 18.6. The maximum atomic E-state index is 14.8. The number of hydrogen-bond acceptors (Lipinski definition) is 9. The molecule has 2 aliphatic heterocycles. The first kappa shape index (κ1) is 37.7. The van der Waals surface area contributed by atoms with E-state index in [-0.39, 0.29) is 46.3 Å². The summed E-state index contributed by atoms with van der Waals surface area (Å²) in [7, 11) is 0. The summed E-state index contributed by atoms with van der Waals surface area (Å²) in [6.45, 7) is 17.6. The molecule has 5 aliphatic rings. The van der Waals surface area contributed by atoms with Gasteiger partial charge in [-0.2, -0.15) is 0 Å². The molecule has 4 N–H and O–H groups in total. The van der Waals surface area contributed by atoms with E-state index in [1.54, 1.807) is 4.90 Å². The van der Waals surface area contributed by atoms with Gasteiger partial charge in [-0.15, -0.1) is 11.3 Å². The molecule has 6 rings (SSSR count). The van der Waals surface area contributed by atoms with E-state index in [4.69, 9.17) is 10.7 Å². The number of carbonyl (C=O) groups excluding carboxylic acids is 5. The van der Waals surface area contributed by atoms with Crippen molar-refractivity contribution in [1.82, 2.24) is 25.0 Å². The summed E-state index contributed by atoms with van der Waals surface area (Å²) in [5, 5.41) is 8.80. The molecule has 2 unspecified atom stereocenters. The number of primary amides is 1. The number of anilines is 1. The maximum Gasteiger partial charge on any atom is 0.287 e. The van der Waals surface area contributed by atoms with Crippen molar-refractivity contribution in [1.29, 1.82) is 0 Å². The highest BCUT2D eigenvalue weighted by atomic mass is 32.1. The van der Waals surface area contributed by atoms with Gasteiger partial charge in [-0.25, -0.2) is 4.98 Å². The first-order valence-corrected chi connectivity index (χ1v) is 20.1. The van der Waals surface area contributed by atoms with Crippen molar-refractivity contribution in [3.8, 4) is 0 Å². The van der Waals surface area contributed by atoms with E-state index in [2.05, 4.69) is 57.1 Å². The Hall–Kier alpha value is -3.06. The van der Waals surface area contributed by atoms with Crippen LogP contribution in [0.25, 0.3) is 0 Å². The first-order chi connectivity index (χ1) is 24.0. The summed E-state index contributed by atoms with van der Waals surface area (Å²) < 4.78 is 0. The first-order valence-electron chi connectivity index (χ1n) is 19.2. The van der Waals surface area contributed by atoms with Gasteiger partial charge in [0.25, 0.3) is 5.91 Å². The lowest BCUT2D eigenvalue weighted by molar-refractivity contribution is -0.237. The van der Waals surface area contributed by atoms with E-state index in [1.807, 2.05) is 10.3 Å². The topological polar surface area (TPSA) is 158 Å². The second-order valence-electron chi connectivity index (χ2n) is 17.8. The summed E-state index contributed by atoms with van der Waals surface area (Å²) >= 11 is 1.38. The Balaban J connectivity index is 1.21. The number of Topliss-reactive ketones (excluding diaryl/α,β-unsaturated/α-hetero) is 1. The average molecular weight is 726 g/mol. The van der Waals surface area contributed by atoms with Crippen LogP contribution in [0.5, 0.6) is 0 Å². The maximum absolute atomic E-state index is 14.8. The molecule has 2 saturated heterocycles. The zero-order valence-corrected chi connectivity index (χ0v) is 32.3. The fourth-order valence-corrected chi connectivity index (χ4v) is 10.6. The SMILES string of the molecule is CCN1CCN(C(=O)Cc2csc(N[C@@H](CC(C)(C)C)C(=O)N3C[C@@]4(C[C@H]3C(=O)NC(CC3CCC3)C(=O)C(N)=O)[C@@H]3CCC3C4(C)C)n2)CC1. The highest BCUT2D eigenvalue weighted by Gasteiger charge is 2.73. The van der Waals surface area contributed by atoms with Crippen LogP contribution in [0, 0.1) is 34.0 Å². The van der Waals surface area contributed by atoms with E-state index < -0.39 is 29.8 Å². The van der Waals surface area contributed by atoms with Crippen LogP contribution in [0.2, 0.25) is 0 Å². The van der Waals surface area contributed by atoms with Gasteiger partial charge in [-0.3, -0.25) is 24.0 Å². The number of carbonyl (C=O) groups is 5. The van der Waals surface area contributed by atoms with Gasteiger partial charge >= 0.3 is 0 Å². The van der Waals surface area contributed by atoms with Gasteiger partial charge in [0.05, 0.1) is 18.2 Å². The predicted octanol–water partition coefficient (Wildman–Crippen LogP) is 3.45. The fraction of sp³-hybridized carbons (Fsp3) is 0.789. The molecule has 282 valence electrons. The molecule has 4 amide bonds. The van der Waals surface area contributed by atoms with Crippen molar-refractivity contribution in [2.45, 2.75) is 117 Å². The van der Waals surface area contributed by atoms with Gasteiger partial charge in [0.2, 0.25) is 23.5 Å². The summed E-state index contributed by atoms with van der Waals surface area (Å²) in [5.41, 5.74) is 5.65. The zero-order chi connectivity index (χ0) is 36.9. The van der Waals surface area contributed by atoms with Crippen LogP contribution < -0.4 is 16.4 Å². The van der Waals surface area contributed by atoms with Crippen LogP contribution in [0.15, 0.2) is 5.38 Å². The molecule has 5 fully saturated rings. The fourth-order valence-electron chi connectivity index (χ4n) is 9.84. The Morgan fingerprint density at radius 1 is 1.02 bits per heavy atom. The quantitative estimate of drug-likeness (QED) is 0.261. The molecule has 3 saturated carbocycles. The van der Waals surface area contributed by atoms with Gasteiger partial charge in [-0.05, 0) is 72.6 Å². The van der Waals surface area contributed by atoms with Gasteiger partial charge < -0.3 is 31.1 Å². The number of aromatic nitrogens is 1. The molecule has 3 heterocycles. The molecule has 1 spiro atoms. The summed E-state index contributed by atoms with van der Waals surface area (Å²) in [4.78, 5) is 77.9.